The van der Waals surface area contributed by atoms with Crippen LogP contribution < -0.4 is 5.73 Å². The molecule has 0 bridgehead atoms. The van der Waals surface area contributed by atoms with Crippen molar-refractivity contribution in [3.05, 3.63) is 29.6 Å². The van der Waals surface area contributed by atoms with Crippen LogP contribution >= 0.6 is 12.4 Å². The zero-order valence-electron chi connectivity index (χ0n) is 6.62. The third-order valence-corrected chi connectivity index (χ3v) is 1.50. The molecule has 0 aromatic heterocycles. The van der Waals surface area contributed by atoms with Crippen LogP contribution in [0.4, 0.5) is 4.39 Å². The molecule has 0 saturated heterocycles. The van der Waals surface area contributed by atoms with Crippen LogP contribution in [-0.4, -0.2) is 5.11 Å². The molecular weight excluding hydrogens is 181 g/mol. The van der Waals surface area contributed by atoms with Gasteiger partial charge in [0.05, 0.1) is 0 Å². The van der Waals surface area contributed by atoms with Crippen LogP contribution in [0.2, 0.25) is 0 Å². The molecule has 0 radical (unpaired) electrons. The number of aromatic hydroxyl groups is 1. The van der Waals surface area contributed by atoms with Crippen molar-refractivity contribution in [2.45, 2.75) is 13.0 Å². The fourth-order valence-corrected chi connectivity index (χ4v) is 0.813. The molecule has 1 atom stereocenters. The van der Waals surface area contributed by atoms with E-state index in [-0.39, 0.29) is 24.2 Å². The molecule has 1 aromatic rings. The summed E-state index contributed by atoms with van der Waals surface area (Å²) in [5, 5.41) is 8.92. The first-order chi connectivity index (χ1) is 5.11. The van der Waals surface area contributed by atoms with E-state index in [4.69, 9.17) is 10.8 Å². The molecule has 1 rings (SSSR count). The van der Waals surface area contributed by atoms with Crippen LogP contribution in [-0.2, 0) is 0 Å². The van der Waals surface area contributed by atoms with Crippen molar-refractivity contribution in [1.29, 1.82) is 0 Å². The summed E-state index contributed by atoms with van der Waals surface area (Å²) in [6.45, 7) is 1.77. The third-order valence-electron chi connectivity index (χ3n) is 1.50. The Bertz CT molecular complexity index is 265. The number of benzene rings is 1. The second kappa shape index (κ2) is 4.28. The molecule has 0 aliphatic carbocycles. The Kier molecular flexibility index (Phi) is 4.00. The second-order valence-electron chi connectivity index (χ2n) is 2.50. The highest BCUT2D eigenvalue weighted by molar-refractivity contribution is 5.85. The average molecular weight is 192 g/mol. The Balaban J connectivity index is 0.00000121. The zero-order valence-corrected chi connectivity index (χ0v) is 7.44. The Morgan fingerprint density at radius 1 is 1.50 bits per heavy atom. The van der Waals surface area contributed by atoms with Gasteiger partial charge in [0.2, 0.25) is 0 Å². The quantitative estimate of drug-likeness (QED) is 0.713. The van der Waals surface area contributed by atoms with Gasteiger partial charge in [0.1, 0.15) is 0 Å². The van der Waals surface area contributed by atoms with Gasteiger partial charge in [0.15, 0.2) is 11.6 Å². The fraction of sp³-hybridized carbons (Fsp3) is 0.250. The Labute approximate surface area is 76.6 Å². The van der Waals surface area contributed by atoms with Crippen molar-refractivity contribution in [2.24, 2.45) is 5.73 Å². The molecule has 1 aromatic carbocycles. The lowest BCUT2D eigenvalue weighted by molar-refractivity contribution is 0.431. The van der Waals surface area contributed by atoms with E-state index in [9.17, 15) is 4.39 Å². The Morgan fingerprint density at radius 3 is 2.50 bits per heavy atom. The van der Waals surface area contributed by atoms with E-state index in [0.29, 0.717) is 0 Å². The standard InChI is InChI=1S/C8H10FNO.ClH/c1-5(10)6-2-3-7(9)8(11)4-6;/h2-5,11H,10H2,1H3;1H. The summed E-state index contributed by atoms with van der Waals surface area (Å²) in [4.78, 5) is 0. The normalized spacial score (nSPS) is 11.9. The lowest BCUT2D eigenvalue weighted by atomic mass is 10.1. The van der Waals surface area contributed by atoms with Crippen molar-refractivity contribution in [3.63, 3.8) is 0 Å². The SMILES string of the molecule is CC(N)c1ccc(F)c(O)c1.Cl. The van der Waals surface area contributed by atoms with Crippen molar-refractivity contribution in [1.82, 2.24) is 0 Å². The van der Waals surface area contributed by atoms with Crippen LogP contribution in [0.5, 0.6) is 5.75 Å². The van der Waals surface area contributed by atoms with Crippen LogP contribution in [0, 0.1) is 5.82 Å². The van der Waals surface area contributed by atoms with Crippen molar-refractivity contribution in [2.75, 3.05) is 0 Å². The van der Waals surface area contributed by atoms with Gasteiger partial charge in [-0.2, -0.15) is 0 Å². The summed E-state index contributed by atoms with van der Waals surface area (Å²) in [5.74, 6) is -0.964. The molecule has 0 aliphatic heterocycles. The summed E-state index contributed by atoms with van der Waals surface area (Å²) in [6, 6.07) is 3.91. The van der Waals surface area contributed by atoms with Crippen LogP contribution in [0.3, 0.4) is 0 Å². The summed E-state index contributed by atoms with van der Waals surface area (Å²) < 4.78 is 12.5. The summed E-state index contributed by atoms with van der Waals surface area (Å²) in [7, 11) is 0. The van der Waals surface area contributed by atoms with Gasteiger partial charge in [-0.25, -0.2) is 4.39 Å². The van der Waals surface area contributed by atoms with Crippen molar-refractivity contribution >= 4 is 12.4 Å². The minimum Gasteiger partial charge on any atom is -0.505 e. The number of halogens is 2. The summed E-state index contributed by atoms with van der Waals surface area (Å²) >= 11 is 0. The number of hydrogen-bond acceptors (Lipinski definition) is 2. The number of phenolic OH excluding ortho intramolecular Hbond substituents is 1. The number of phenols is 1. The molecule has 1 unspecified atom stereocenters. The Hall–Kier alpha value is -0.800. The fourth-order valence-electron chi connectivity index (χ4n) is 0.813. The molecule has 0 spiro atoms. The van der Waals surface area contributed by atoms with E-state index in [1.807, 2.05) is 0 Å². The number of rotatable bonds is 1. The lowest BCUT2D eigenvalue weighted by Crippen LogP contribution is -2.04. The van der Waals surface area contributed by atoms with E-state index in [2.05, 4.69) is 0 Å². The lowest BCUT2D eigenvalue weighted by Gasteiger charge is -2.05. The maximum Gasteiger partial charge on any atom is 0.164 e. The highest BCUT2D eigenvalue weighted by Gasteiger charge is 2.03. The van der Waals surface area contributed by atoms with Crippen molar-refractivity contribution < 1.29 is 9.50 Å². The van der Waals surface area contributed by atoms with Gasteiger partial charge in [0, 0.05) is 6.04 Å². The molecular formula is C8H11ClFNO. The largest absolute Gasteiger partial charge is 0.505 e. The third kappa shape index (κ3) is 2.36. The highest BCUT2D eigenvalue weighted by atomic mass is 35.5. The first-order valence-corrected chi connectivity index (χ1v) is 3.35. The Morgan fingerprint density at radius 2 is 2.08 bits per heavy atom. The highest BCUT2D eigenvalue weighted by Crippen LogP contribution is 2.19. The minimum absolute atomic E-state index is 0. The van der Waals surface area contributed by atoms with Gasteiger partial charge >= 0.3 is 0 Å². The first kappa shape index (κ1) is 11.2. The van der Waals surface area contributed by atoms with E-state index in [0.717, 1.165) is 5.56 Å². The molecule has 2 nitrogen and oxygen atoms in total. The van der Waals surface area contributed by atoms with Gasteiger partial charge in [0.25, 0.3) is 0 Å². The molecule has 0 amide bonds. The first-order valence-electron chi connectivity index (χ1n) is 3.35. The van der Waals surface area contributed by atoms with Gasteiger partial charge in [-0.15, -0.1) is 12.4 Å². The molecule has 0 heterocycles. The molecule has 4 heteroatoms. The van der Waals surface area contributed by atoms with Gasteiger partial charge in [-0.1, -0.05) is 6.07 Å². The summed E-state index contributed by atoms with van der Waals surface area (Å²) in [5.41, 5.74) is 6.22. The molecule has 68 valence electrons. The second-order valence-corrected chi connectivity index (χ2v) is 2.50. The predicted molar refractivity (Wildman–Crippen MR) is 47.9 cm³/mol. The van der Waals surface area contributed by atoms with Crippen LogP contribution in [0.15, 0.2) is 18.2 Å². The maximum absolute atomic E-state index is 12.5. The van der Waals surface area contributed by atoms with E-state index in [1.165, 1.54) is 12.1 Å². The predicted octanol–water partition coefficient (Wildman–Crippen LogP) is 1.97. The summed E-state index contributed by atoms with van der Waals surface area (Å²) in [6.07, 6.45) is 0. The molecule has 0 aliphatic rings. The number of hydrogen-bond donors (Lipinski definition) is 2. The maximum atomic E-state index is 12.5. The van der Waals surface area contributed by atoms with Crippen molar-refractivity contribution in [3.8, 4) is 5.75 Å². The zero-order chi connectivity index (χ0) is 8.43. The van der Waals surface area contributed by atoms with Gasteiger partial charge in [-0.05, 0) is 24.6 Å². The van der Waals surface area contributed by atoms with Crippen LogP contribution in [0.25, 0.3) is 0 Å². The monoisotopic (exact) mass is 191 g/mol. The van der Waals surface area contributed by atoms with E-state index >= 15 is 0 Å². The minimum atomic E-state index is -0.616. The van der Waals surface area contributed by atoms with E-state index in [1.54, 1.807) is 13.0 Å². The van der Waals surface area contributed by atoms with E-state index < -0.39 is 5.82 Å². The number of nitrogens with two attached hydrogens (primary N) is 1. The molecule has 3 N–H and O–H groups in total. The van der Waals surface area contributed by atoms with Crippen LogP contribution in [0.1, 0.15) is 18.5 Å². The van der Waals surface area contributed by atoms with Gasteiger partial charge in [-0.3, -0.25) is 0 Å². The smallest absolute Gasteiger partial charge is 0.164 e. The topological polar surface area (TPSA) is 46.2 Å². The molecule has 12 heavy (non-hydrogen) atoms. The van der Waals surface area contributed by atoms with Gasteiger partial charge < -0.3 is 10.8 Å². The average Bonchev–Trinajstić information content (AvgIpc) is 1.94. The molecule has 0 saturated carbocycles. The molecule has 0 fully saturated rings.